The number of hydrogen-bond acceptors (Lipinski definition) is 2. The van der Waals surface area contributed by atoms with E-state index in [1.165, 1.54) is 11.3 Å². The van der Waals surface area contributed by atoms with Crippen LogP contribution in [0.25, 0.3) is 10.1 Å². The van der Waals surface area contributed by atoms with E-state index < -0.39 is 0 Å². The van der Waals surface area contributed by atoms with Gasteiger partial charge in [-0.05, 0) is 34.7 Å². The summed E-state index contributed by atoms with van der Waals surface area (Å²) in [5.74, 6) is 0. The minimum atomic E-state index is 0.400. The molecular formula is C8H4BrIOS. The Hall–Kier alpha value is 0.190. The Morgan fingerprint density at radius 1 is 1.42 bits per heavy atom. The van der Waals surface area contributed by atoms with Crippen LogP contribution in [-0.2, 0) is 0 Å². The molecule has 1 heterocycles. The monoisotopic (exact) mass is 354 g/mol. The van der Waals surface area contributed by atoms with E-state index in [-0.39, 0.29) is 0 Å². The Kier molecular flexibility index (Phi) is 2.31. The lowest BCUT2D eigenvalue weighted by Gasteiger charge is -1.92. The maximum Gasteiger partial charge on any atom is 0.186 e. The van der Waals surface area contributed by atoms with E-state index in [1.54, 1.807) is 0 Å². The molecule has 0 saturated carbocycles. The fourth-order valence-electron chi connectivity index (χ4n) is 1.06. The molecule has 0 spiro atoms. The van der Waals surface area contributed by atoms with Gasteiger partial charge in [0.05, 0.1) is 3.57 Å². The number of fused-ring (bicyclic) bond motifs is 1. The van der Waals surface area contributed by atoms with Crippen molar-refractivity contribution < 1.29 is 5.11 Å². The van der Waals surface area contributed by atoms with Crippen molar-refractivity contribution in [3.63, 3.8) is 0 Å². The average Bonchev–Trinajstić information content (AvgIpc) is 2.29. The zero-order chi connectivity index (χ0) is 8.72. The molecule has 0 atom stereocenters. The number of rotatable bonds is 0. The molecule has 62 valence electrons. The van der Waals surface area contributed by atoms with Gasteiger partial charge in [-0.3, -0.25) is 0 Å². The smallest absolute Gasteiger partial charge is 0.186 e. The van der Waals surface area contributed by atoms with Gasteiger partial charge in [-0.1, -0.05) is 33.3 Å². The zero-order valence-electron chi connectivity index (χ0n) is 5.84. The highest BCUT2D eigenvalue weighted by molar-refractivity contribution is 14.1. The van der Waals surface area contributed by atoms with E-state index in [0.717, 1.165) is 18.1 Å². The maximum absolute atomic E-state index is 9.46. The van der Waals surface area contributed by atoms with Crippen molar-refractivity contribution in [3.8, 4) is 5.06 Å². The molecule has 0 aliphatic rings. The molecule has 0 aliphatic heterocycles. The van der Waals surface area contributed by atoms with E-state index in [9.17, 15) is 5.11 Å². The van der Waals surface area contributed by atoms with Gasteiger partial charge in [0.1, 0.15) is 0 Å². The second-order valence-electron chi connectivity index (χ2n) is 2.33. The molecule has 1 nitrogen and oxygen atoms in total. The van der Waals surface area contributed by atoms with Crippen LogP contribution >= 0.6 is 49.9 Å². The normalized spacial score (nSPS) is 10.8. The van der Waals surface area contributed by atoms with Crippen molar-refractivity contribution in [3.05, 3.63) is 26.2 Å². The first kappa shape index (κ1) is 8.77. The Labute approximate surface area is 95.7 Å². The van der Waals surface area contributed by atoms with Crippen LogP contribution in [0.4, 0.5) is 0 Å². The quantitative estimate of drug-likeness (QED) is 0.709. The van der Waals surface area contributed by atoms with Gasteiger partial charge in [0.2, 0.25) is 0 Å². The molecule has 0 unspecified atom stereocenters. The van der Waals surface area contributed by atoms with E-state index in [1.807, 2.05) is 18.2 Å². The van der Waals surface area contributed by atoms with Crippen molar-refractivity contribution in [2.75, 3.05) is 0 Å². The third kappa shape index (κ3) is 1.25. The standard InChI is InChI=1S/C8H4BrIOS/c9-4-2-1-3-5-6(4)7(10)8(11)12-5/h1-3,11H. The Morgan fingerprint density at radius 2 is 2.17 bits per heavy atom. The molecule has 0 radical (unpaired) electrons. The van der Waals surface area contributed by atoms with Crippen LogP contribution in [0.5, 0.6) is 5.06 Å². The largest absolute Gasteiger partial charge is 0.499 e. The minimum Gasteiger partial charge on any atom is -0.499 e. The topological polar surface area (TPSA) is 20.2 Å². The number of benzene rings is 1. The molecule has 2 aromatic rings. The van der Waals surface area contributed by atoms with Gasteiger partial charge < -0.3 is 5.11 Å². The van der Waals surface area contributed by atoms with Gasteiger partial charge in [-0.15, -0.1) is 0 Å². The average molecular weight is 355 g/mol. The third-order valence-corrected chi connectivity index (χ3v) is 4.62. The highest BCUT2D eigenvalue weighted by Gasteiger charge is 2.10. The molecule has 1 aromatic heterocycles. The first-order valence-electron chi connectivity index (χ1n) is 3.25. The van der Waals surface area contributed by atoms with Gasteiger partial charge in [0.25, 0.3) is 0 Å². The molecular weight excluding hydrogens is 351 g/mol. The van der Waals surface area contributed by atoms with Crippen molar-refractivity contribution >= 4 is 59.9 Å². The van der Waals surface area contributed by atoms with Crippen LogP contribution in [0, 0.1) is 3.57 Å². The number of thiophene rings is 1. The third-order valence-electron chi connectivity index (χ3n) is 1.59. The Morgan fingerprint density at radius 3 is 2.83 bits per heavy atom. The Balaban J connectivity index is 2.97. The zero-order valence-corrected chi connectivity index (χ0v) is 10.4. The molecule has 1 aromatic carbocycles. The summed E-state index contributed by atoms with van der Waals surface area (Å²) in [5.41, 5.74) is 0. The summed E-state index contributed by atoms with van der Waals surface area (Å²) in [6.07, 6.45) is 0. The molecule has 1 N–H and O–H groups in total. The van der Waals surface area contributed by atoms with Crippen LogP contribution in [0.1, 0.15) is 0 Å². The van der Waals surface area contributed by atoms with Crippen molar-refractivity contribution in [1.29, 1.82) is 0 Å². The highest BCUT2D eigenvalue weighted by atomic mass is 127. The van der Waals surface area contributed by atoms with Crippen molar-refractivity contribution in [2.24, 2.45) is 0 Å². The van der Waals surface area contributed by atoms with Gasteiger partial charge in [0, 0.05) is 14.6 Å². The summed E-state index contributed by atoms with van der Waals surface area (Å²) >= 11 is 7.02. The molecule has 0 saturated heterocycles. The number of aromatic hydroxyl groups is 1. The first-order chi connectivity index (χ1) is 5.70. The second-order valence-corrected chi connectivity index (χ2v) is 5.30. The van der Waals surface area contributed by atoms with Gasteiger partial charge in [0.15, 0.2) is 5.06 Å². The fourth-order valence-corrected chi connectivity index (χ4v) is 4.08. The predicted octanol–water partition coefficient (Wildman–Crippen LogP) is 3.97. The summed E-state index contributed by atoms with van der Waals surface area (Å²) in [6.45, 7) is 0. The van der Waals surface area contributed by atoms with E-state index in [0.29, 0.717) is 5.06 Å². The fraction of sp³-hybridized carbons (Fsp3) is 0. The lowest BCUT2D eigenvalue weighted by Crippen LogP contribution is -1.69. The van der Waals surface area contributed by atoms with Crippen molar-refractivity contribution in [2.45, 2.75) is 0 Å². The van der Waals surface area contributed by atoms with Gasteiger partial charge in [-0.2, -0.15) is 0 Å². The van der Waals surface area contributed by atoms with Gasteiger partial charge >= 0.3 is 0 Å². The molecule has 0 aliphatic carbocycles. The van der Waals surface area contributed by atoms with Crippen LogP contribution in [0.3, 0.4) is 0 Å². The molecule has 12 heavy (non-hydrogen) atoms. The summed E-state index contributed by atoms with van der Waals surface area (Å²) in [4.78, 5) is 0. The maximum atomic E-state index is 9.46. The minimum absolute atomic E-state index is 0.400. The summed E-state index contributed by atoms with van der Waals surface area (Å²) in [6, 6.07) is 5.96. The van der Waals surface area contributed by atoms with Gasteiger partial charge in [-0.25, -0.2) is 0 Å². The first-order valence-corrected chi connectivity index (χ1v) is 5.94. The lowest BCUT2D eigenvalue weighted by atomic mass is 10.3. The molecule has 4 heteroatoms. The second kappa shape index (κ2) is 3.16. The molecule has 2 rings (SSSR count). The van der Waals surface area contributed by atoms with Crippen LogP contribution in [-0.4, -0.2) is 5.11 Å². The predicted molar refractivity (Wildman–Crippen MR) is 63.9 cm³/mol. The van der Waals surface area contributed by atoms with Crippen LogP contribution in [0.2, 0.25) is 0 Å². The SMILES string of the molecule is Oc1sc2cccc(Br)c2c1I. The van der Waals surface area contributed by atoms with E-state index >= 15 is 0 Å². The molecule has 0 fully saturated rings. The molecule has 0 bridgehead atoms. The van der Waals surface area contributed by atoms with Crippen LogP contribution < -0.4 is 0 Å². The molecule has 0 amide bonds. The van der Waals surface area contributed by atoms with Crippen LogP contribution in [0.15, 0.2) is 22.7 Å². The van der Waals surface area contributed by atoms with E-state index in [4.69, 9.17) is 0 Å². The summed E-state index contributed by atoms with van der Waals surface area (Å²) < 4.78 is 3.09. The summed E-state index contributed by atoms with van der Waals surface area (Å²) in [5, 5.41) is 11.0. The lowest BCUT2D eigenvalue weighted by molar-refractivity contribution is 0.488. The Bertz CT molecular complexity index is 438. The number of halogens is 2. The van der Waals surface area contributed by atoms with Crippen molar-refractivity contribution in [1.82, 2.24) is 0 Å². The highest BCUT2D eigenvalue weighted by Crippen LogP contribution is 2.40. The number of hydrogen-bond donors (Lipinski definition) is 1. The van der Waals surface area contributed by atoms with E-state index in [2.05, 4.69) is 38.5 Å². The summed E-state index contributed by atoms with van der Waals surface area (Å²) in [7, 11) is 0.